The van der Waals surface area contributed by atoms with Crippen molar-refractivity contribution in [3.8, 4) is 17.2 Å². The molecule has 0 atom stereocenters. The molecule has 0 heterocycles. The van der Waals surface area contributed by atoms with Crippen LogP contribution < -0.4 is 25.0 Å². The van der Waals surface area contributed by atoms with Crippen LogP contribution in [0.25, 0.3) is 0 Å². The fourth-order valence-corrected chi connectivity index (χ4v) is 2.37. The number of nitro groups is 1. The predicted molar refractivity (Wildman–Crippen MR) is 106 cm³/mol. The molecule has 0 aliphatic heterocycles. The van der Waals surface area contributed by atoms with Gasteiger partial charge in [-0.05, 0) is 18.3 Å². The third-order valence-corrected chi connectivity index (χ3v) is 3.66. The van der Waals surface area contributed by atoms with Crippen molar-refractivity contribution in [2.45, 2.75) is 0 Å². The SMILES string of the molecule is COc1cc(OC)c(/C=N\NC(=S)Nc2ccccc2[N+](=O)[O-])c(OC)c1. The number of nitrogens with one attached hydrogen (secondary N) is 2. The molecule has 0 fully saturated rings. The van der Waals surface area contributed by atoms with E-state index < -0.39 is 4.92 Å². The summed E-state index contributed by atoms with van der Waals surface area (Å²) in [4.78, 5) is 10.5. The van der Waals surface area contributed by atoms with Gasteiger partial charge >= 0.3 is 0 Å². The Morgan fingerprint density at radius 3 is 2.33 bits per heavy atom. The van der Waals surface area contributed by atoms with Crippen molar-refractivity contribution in [3.63, 3.8) is 0 Å². The molecule has 0 radical (unpaired) electrons. The van der Waals surface area contributed by atoms with Gasteiger partial charge in [0, 0.05) is 18.2 Å². The molecule has 27 heavy (non-hydrogen) atoms. The number of ether oxygens (including phenoxy) is 3. The zero-order valence-electron chi connectivity index (χ0n) is 14.9. The molecule has 2 aromatic rings. The van der Waals surface area contributed by atoms with Gasteiger partial charge < -0.3 is 19.5 Å². The van der Waals surface area contributed by atoms with Crippen LogP contribution in [0.4, 0.5) is 11.4 Å². The molecular formula is C17H18N4O5S. The summed E-state index contributed by atoms with van der Waals surface area (Å²) in [6, 6.07) is 9.53. The highest BCUT2D eigenvalue weighted by Crippen LogP contribution is 2.32. The van der Waals surface area contributed by atoms with Crippen molar-refractivity contribution in [2.75, 3.05) is 26.6 Å². The van der Waals surface area contributed by atoms with Crippen molar-refractivity contribution in [1.82, 2.24) is 5.43 Å². The number of methoxy groups -OCH3 is 3. The van der Waals surface area contributed by atoms with Crippen LogP contribution in [0.15, 0.2) is 41.5 Å². The number of hydrazone groups is 1. The Bertz CT molecular complexity index is 847. The van der Waals surface area contributed by atoms with Crippen LogP contribution in [0.5, 0.6) is 17.2 Å². The molecule has 0 bridgehead atoms. The molecule has 2 N–H and O–H groups in total. The summed E-state index contributed by atoms with van der Waals surface area (Å²) in [7, 11) is 4.57. The molecule has 0 saturated carbocycles. The second-order valence-corrected chi connectivity index (χ2v) is 5.45. The monoisotopic (exact) mass is 390 g/mol. The molecule has 10 heteroatoms. The lowest BCUT2D eigenvalue weighted by Crippen LogP contribution is -2.24. The van der Waals surface area contributed by atoms with Crippen LogP contribution in [0, 0.1) is 10.1 Å². The Kier molecular flexibility index (Phi) is 6.89. The summed E-state index contributed by atoms with van der Waals surface area (Å²) >= 11 is 5.12. The highest BCUT2D eigenvalue weighted by molar-refractivity contribution is 7.80. The van der Waals surface area contributed by atoms with E-state index in [-0.39, 0.29) is 16.5 Å². The third-order valence-electron chi connectivity index (χ3n) is 3.46. The quantitative estimate of drug-likeness (QED) is 0.322. The number of anilines is 1. The van der Waals surface area contributed by atoms with Crippen molar-refractivity contribution in [2.24, 2.45) is 5.10 Å². The Hall–Kier alpha value is -3.40. The van der Waals surface area contributed by atoms with Crippen LogP contribution in [0.2, 0.25) is 0 Å². The summed E-state index contributed by atoms with van der Waals surface area (Å²) in [6.45, 7) is 0. The van der Waals surface area contributed by atoms with Gasteiger partial charge in [0.1, 0.15) is 22.9 Å². The lowest BCUT2D eigenvalue weighted by atomic mass is 10.2. The number of para-hydroxylation sites is 2. The van der Waals surface area contributed by atoms with E-state index in [0.717, 1.165) is 0 Å². The summed E-state index contributed by atoms with van der Waals surface area (Å²) in [6.07, 6.45) is 1.46. The van der Waals surface area contributed by atoms with Crippen molar-refractivity contribution < 1.29 is 19.1 Å². The number of nitrogens with zero attached hydrogens (tertiary/aromatic N) is 2. The van der Waals surface area contributed by atoms with Crippen molar-refractivity contribution in [3.05, 3.63) is 52.1 Å². The number of nitro benzene ring substituents is 1. The molecular weight excluding hydrogens is 372 g/mol. The van der Waals surface area contributed by atoms with Crippen LogP contribution in [-0.4, -0.2) is 37.6 Å². The molecule has 142 valence electrons. The molecule has 9 nitrogen and oxygen atoms in total. The number of hydrogen-bond acceptors (Lipinski definition) is 7. The Labute approximate surface area is 161 Å². The summed E-state index contributed by atoms with van der Waals surface area (Å²) in [5.41, 5.74) is 3.34. The van der Waals surface area contributed by atoms with Crippen molar-refractivity contribution >= 4 is 34.9 Å². The minimum atomic E-state index is -0.499. The Balaban J connectivity index is 2.14. The lowest BCUT2D eigenvalue weighted by molar-refractivity contribution is -0.383. The van der Waals surface area contributed by atoms with E-state index in [0.29, 0.717) is 22.8 Å². The van der Waals surface area contributed by atoms with E-state index in [1.165, 1.54) is 33.6 Å². The number of hydrogen-bond donors (Lipinski definition) is 2. The highest BCUT2D eigenvalue weighted by Gasteiger charge is 2.14. The largest absolute Gasteiger partial charge is 0.496 e. The Morgan fingerprint density at radius 2 is 1.78 bits per heavy atom. The first kappa shape index (κ1) is 19.9. The maximum Gasteiger partial charge on any atom is 0.292 e. The molecule has 2 aromatic carbocycles. The van der Waals surface area contributed by atoms with E-state index in [2.05, 4.69) is 15.8 Å². The second kappa shape index (κ2) is 9.34. The number of rotatable bonds is 7. The van der Waals surface area contributed by atoms with Crippen LogP contribution in [-0.2, 0) is 0 Å². The fourth-order valence-electron chi connectivity index (χ4n) is 2.20. The second-order valence-electron chi connectivity index (χ2n) is 5.04. The van der Waals surface area contributed by atoms with Gasteiger partial charge in [0.2, 0.25) is 0 Å². The molecule has 0 unspecified atom stereocenters. The zero-order chi connectivity index (χ0) is 19.8. The number of benzene rings is 2. The molecule has 2 rings (SSSR count). The minimum Gasteiger partial charge on any atom is -0.496 e. The predicted octanol–water partition coefficient (Wildman–Crippen LogP) is 2.94. The highest BCUT2D eigenvalue weighted by atomic mass is 32.1. The minimum absolute atomic E-state index is 0.0898. The normalized spacial score (nSPS) is 10.3. The zero-order valence-corrected chi connectivity index (χ0v) is 15.7. The average molecular weight is 390 g/mol. The topological polar surface area (TPSA) is 107 Å². The van der Waals surface area contributed by atoms with Gasteiger partial charge in [-0.3, -0.25) is 15.5 Å². The molecule has 0 amide bonds. The van der Waals surface area contributed by atoms with Crippen molar-refractivity contribution in [1.29, 1.82) is 0 Å². The van der Waals surface area contributed by atoms with Gasteiger partial charge in [-0.25, -0.2) is 0 Å². The fraction of sp³-hybridized carbons (Fsp3) is 0.176. The van der Waals surface area contributed by atoms with E-state index >= 15 is 0 Å². The summed E-state index contributed by atoms with van der Waals surface area (Å²) in [5, 5.41) is 17.9. The van der Waals surface area contributed by atoms with Crippen LogP contribution in [0.1, 0.15) is 5.56 Å². The summed E-state index contributed by atoms with van der Waals surface area (Å²) < 4.78 is 15.8. The number of thiocarbonyl (C=S) groups is 1. The third kappa shape index (κ3) is 5.05. The lowest BCUT2D eigenvalue weighted by Gasteiger charge is -2.12. The maximum atomic E-state index is 11.0. The molecule has 0 saturated heterocycles. The first-order valence-corrected chi connectivity index (χ1v) is 8.04. The van der Waals surface area contributed by atoms with E-state index in [9.17, 15) is 10.1 Å². The molecule has 0 aliphatic rings. The Morgan fingerprint density at radius 1 is 1.15 bits per heavy atom. The van der Waals surface area contributed by atoms with E-state index in [1.54, 1.807) is 30.3 Å². The van der Waals surface area contributed by atoms with Gasteiger partial charge in [-0.1, -0.05) is 12.1 Å². The first-order valence-electron chi connectivity index (χ1n) is 7.63. The van der Waals surface area contributed by atoms with E-state index in [1.807, 2.05) is 0 Å². The van der Waals surface area contributed by atoms with Gasteiger partial charge in [0.05, 0.1) is 38.0 Å². The molecule has 0 spiro atoms. The van der Waals surface area contributed by atoms with Gasteiger partial charge in [0.25, 0.3) is 5.69 Å². The summed E-state index contributed by atoms with van der Waals surface area (Å²) in [5.74, 6) is 1.56. The standard InChI is InChI=1S/C17H18N4O5S/c1-24-11-8-15(25-2)12(16(9-11)26-3)10-18-20-17(27)19-13-6-4-5-7-14(13)21(22)23/h4-10H,1-3H3,(H2,19,20,27)/b18-10-. The molecule has 0 aromatic heterocycles. The smallest absolute Gasteiger partial charge is 0.292 e. The van der Waals surface area contributed by atoms with Gasteiger partial charge in [-0.15, -0.1) is 0 Å². The maximum absolute atomic E-state index is 11.0. The first-order chi connectivity index (χ1) is 13.0. The van der Waals surface area contributed by atoms with Gasteiger partial charge in [-0.2, -0.15) is 5.10 Å². The van der Waals surface area contributed by atoms with Crippen LogP contribution >= 0.6 is 12.2 Å². The van der Waals surface area contributed by atoms with Gasteiger partial charge in [0.15, 0.2) is 5.11 Å². The average Bonchev–Trinajstić information content (AvgIpc) is 2.67. The van der Waals surface area contributed by atoms with E-state index in [4.69, 9.17) is 26.4 Å². The molecule has 0 aliphatic carbocycles. The van der Waals surface area contributed by atoms with Crippen LogP contribution in [0.3, 0.4) is 0 Å².